The molecular weight excluding hydrogens is 573 g/mol. The molecule has 5 rings (SSSR count). The first-order valence-electron chi connectivity index (χ1n) is 12.8. The van der Waals surface area contributed by atoms with Gasteiger partial charge in [-0.15, -0.1) is 0 Å². The maximum absolute atomic E-state index is 14.8. The van der Waals surface area contributed by atoms with Crippen LogP contribution in [0.5, 0.6) is 5.75 Å². The van der Waals surface area contributed by atoms with Gasteiger partial charge < -0.3 is 19.2 Å². The van der Waals surface area contributed by atoms with E-state index in [1.165, 1.54) is 29.0 Å². The SMILES string of the molecule is O=C(Oc1cc(=O)n(COCc2ccccc2)cc1Cl)c1cccc(C(=O)n2c(=O)[nH]c(C3CCCO3)c(F)c2=O)c1. The molecule has 4 aromatic rings. The largest absolute Gasteiger partial charge is 0.421 e. The van der Waals surface area contributed by atoms with Gasteiger partial charge in [-0.1, -0.05) is 48.0 Å². The van der Waals surface area contributed by atoms with E-state index in [4.69, 9.17) is 25.8 Å². The third kappa shape index (κ3) is 6.15. The summed E-state index contributed by atoms with van der Waals surface area (Å²) >= 11 is 6.23. The average Bonchev–Trinajstić information content (AvgIpc) is 3.53. The van der Waals surface area contributed by atoms with Crippen molar-refractivity contribution in [2.24, 2.45) is 0 Å². The number of H-pyrrole nitrogens is 1. The fraction of sp³-hybridized carbons (Fsp3) is 0.207. The number of hydrogen-bond donors (Lipinski definition) is 1. The summed E-state index contributed by atoms with van der Waals surface area (Å²) < 4.78 is 32.3. The highest BCUT2D eigenvalue weighted by atomic mass is 35.5. The van der Waals surface area contributed by atoms with Crippen molar-refractivity contribution in [1.29, 1.82) is 0 Å². The number of nitrogens with one attached hydrogen (secondary N) is 1. The molecule has 0 aliphatic carbocycles. The topological polar surface area (TPSA) is 139 Å². The molecule has 2 aromatic carbocycles. The zero-order valence-corrected chi connectivity index (χ0v) is 22.6. The second-order valence-corrected chi connectivity index (χ2v) is 9.74. The van der Waals surface area contributed by atoms with Crippen LogP contribution in [0, 0.1) is 5.82 Å². The Morgan fingerprint density at radius 1 is 1.05 bits per heavy atom. The first-order valence-corrected chi connectivity index (χ1v) is 13.2. The van der Waals surface area contributed by atoms with Crippen LogP contribution in [0.4, 0.5) is 4.39 Å². The maximum Gasteiger partial charge on any atom is 0.343 e. The van der Waals surface area contributed by atoms with Crippen molar-refractivity contribution in [2.75, 3.05) is 6.61 Å². The zero-order valence-electron chi connectivity index (χ0n) is 21.9. The monoisotopic (exact) mass is 595 g/mol. The van der Waals surface area contributed by atoms with Crippen LogP contribution < -0.4 is 21.5 Å². The molecule has 13 heteroatoms. The van der Waals surface area contributed by atoms with E-state index in [1.807, 2.05) is 30.3 Å². The second-order valence-electron chi connectivity index (χ2n) is 9.33. The Morgan fingerprint density at radius 3 is 2.55 bits per heavy atom. The third-order valence-electron chi connectivity index (χ3n) is 6.46. The van der Waals surface area contributed by atoms with Gasteiger partial charge in [-0.25, -0.2) is 9.59 Å². The van der Waals surface area contributed by atoms with E-state index >= 15 is 0 Å². The van der Waals surface area contributed by atoms with Crippen molar-refractivity contribution >= 4 is 23.5 Å². The molecule has 1 saturated heterocycles. The Kier molecular flexibility index (Phi) is 8.57. The maximum atomic E-state index is 14.8. The molecular formula is C29H23ClFN3O8. The molecule has 0 saturated carbocycles. The molecule has 1 atom stereocenters. The van der Waals surface area contributed by atoms with Crippen molar-refractivity contribution in [1.82, 2.24) is 14.1 Å². The Hall–Kier alpha value is -4.65. The number of pyridine rings is 1. The first-order chi connectivity index (χ1) is 20.2. The number of benzene rings is 2. The van der Waals surface area contributed by atoms with Crippen molar-refractivity contribution in [3.8, 4) is 5.75 Å². The number of hydrogen-bond acceptors (Lipinski definition) is 8. The number of aromatic nitrogens is 3. The van der Waals surface area contributed by atoms with Gasteiger partial charge in [-0.05, 0) is 36.6 Å². The number of halogens is 2. The summed E-state index contributed by atoms with van der Waals surface area (Å²) in [6.45, 7) is 0.518. The Morgan fingerprint density at radius 2 is 1.81 bits per heavy atom. The van der Waals surface area contributed by atoms with Crippen molar-refractivity contribution < 1.29 is 28.2 Å². The molecule has 216 valence electrons. The van der Waals surface area contributed by atoms with Crippen molar-refractivity contribution in [2.45, 2.75) is 32.3 Å². The predicted octanol–water partition coefficient (Wildman–Crippen LogP) is 3.42. The summed E-state index contributed by atoms with van der Waals surface area (Å²) in [4.78, 5) is 65.9. The van der Waals surface area contributed by atoms with Gasteiger partial charge in [0.2, 0.25) is 5.82 Å². The van der Waals surface area contributed by atoms with Crippen LogP contribution in [-0.4, -0.2) is 32.6 Å². The number of carbonyl (C=O) groups is 2. The summed E-state index contributed by atoms with van der Waals surface area (Å²) in [6, 6.07) is 15.3. The van der Waals surface area contributed by atoms with E-state index in [9.17, 15) is 28.4 Å². The lowest BCUT2D eigenvalue weighted by Gasteiger charge is -2.12. The minimum Gasteiger partial charge on any atom is -0.421 e. The lowest BCUT2D eigenvalue weighted by Crippen LogP contribution is -2.43. The Balaban J connectivity index is 1.31. The molecule has 11 nitrogen and oxygen atoms in total. The molecule has 0 bridgehead atoms. The molecule has 1 aliphatic heterocycles. The van der Waals surface area contributed by atoms with Crippen LogP contribution in [0.15, 0.2) is 81.2 Å². The minimum atomic E-state index is -1.44. The lowest BCUT2D eigenvalue weighted by atomic mass is 10.1. The highest BCUT2D eigenvalue weighted by Crippen LogP contribution is 2.27. The van der Waals surface area contributed by atoms with Gasteiger partial charge >= 0.3 is 11.7 Å². The van der Waals surface area contributed by atoms with Gasteiger partial charge in [0.15, 0.2) is 5.75 Å². The van der Waals surface area contributed by atoms with Crippen LogP contribution in [0.3, 0.4) is 0 Å². The van der Waals surface area contributed by atoms with Crippen LogP contribution in [0.25, 0.3) is 0 Å². The summed E-state index contributed by atoms with van der Waals surface area (Å²) in [5.41, 5.74) is -2.96. The van der Waals surface area contributed by atoms with E-state index < -0.39 is 40.6 Å². The standard InChI is InChI=1S/C29H23ClFN3O8/c30-20-14-33(16-40-15-17-6-2-1-3-7-17)23(35)13-22(20)42-28(38)19-9-4-8-18(12-19)26(36)34-27(37)24(31)25(32-29(34)39)21-10-5-11-41-21/h1-4,6-9,12-14,21H,5,10-11,15-16H2,(H,32,39). The van der Waals surface area contributed by atoms with Gasteiger partial charge in [0.1, 0.15) is 12.8 Å². The fourth-order valence-electron chi connectivity index (χ4n) is 4.35. The normalized spacial score (nSPS) is 14.6. The summed E-state index contributed by atoms with van der Waals surface area (Å²) in [6.07, 6.45) is 1.51. The van der Waals surface area contributed by atoms with Gasteiger partial charge in [-0.3, -0.25) is 19.0 Å². The van der Waals surface area contributed by atoms with E-state index in [1.54, 1.807) is 0 Å². The van der Waals surface area contributed by atoms with E-state index in [2.05, 4.69) is 4.98 Å². The van der Waals surface area contributed by atoms with Gasteiger partial charge in [-0.2, -0.15) is 8.96 Å². The number of aromatic amines is 1. The molecule has 1 aliphatic rings. The van der Waals surface area contributed by atoms with Crippen molar-refractivity contribution in [3.63, 3.8) is 0 Å². The summed E-state index contributed by atoms with van der Waals surface area (Å²) in [7, 11) is 0. The minimum absolute atomic E-state index is 0.0571. The molecule has 0 amide bonds. The molecule has 1 N–H and O–H groups in total. The van der Waals surface area contributed by atoms with Crippen LogP contribution >= 0.6 is 11.6 Å². The number of rotatable bonds is 8. The van der Waals surface area contributed by atoms with Crippen LogP contribution in [0.2, 0.25) is 5.02 Å². The molecule has 42 heavy (non-hydrogen) atoms. The molecule has 2 aromatic heterocycles. The lowest BCUT2D eigenvalue weighted by molar-refractivity contribution is 0.0614. The van der Waals surface area contributed by atoms with Gasteiger partial charge in [0, 0.05) is 24.4 Å². The quantitative estimate of drug-likeness (QED) is 0.306. The smallest absolute Gasteiger partial charge is 0.343 e. The van der Waals surface area contributed by atoms with Gasteiger partial charge in [0.05, 0.1) is 22.9 Å². The van der Waals surface area contributed by atoms with Crippen LogP contribution in [0.1, 0.15) is 50.9 Å². The number of esters is 1. The van der Waals surface area contributed by atoms with E-state index in [-0.39, 0.29) is 45.5 Å². The number of carbonyl (C=O) groups excluding carboxylic acids is 2. The summed E-state index contributed by atoms with van der Waals surface area (Å²) in [5, 5.41) is -0.0571. The van der Waals surface area contributed by atoms with Gasteiger partial charge in [0.25, 0.3) is 17.0 Å². The molecule has 3 heterocycles. The highest BCUT2D eigenvalue weighted by molar-refractivity contribution is 6.32. The Bertz CT molecular complexity index is 1830. The van der Waals surface area contributed by atoms with E-state index in [0.717, 1.165) is 17.7 Å². The summed E-state index contributed by atoms with van der Waals surface area (Å²) in [5.74, 6) is -3.68. The zero-order chi connectivity index (χ0) is 29.8. The number of nitrogens with zero attached hydrogens (tertiary/aromatic N) is 2. The molecule has 0 radical (unpaired) electrons. The predicted molar refractivity (Wildman–Crippen MR) is 147 cm³/mol. The highest BCUT2D eigenvalue weighted by Gasteiger charge is 2.27. The first kappa shape index (κ1) is 28.9. The molecule has 1 fully saturated rings. The second kappa shape index (κ2) is 12.5. The van der Waals surface area contributed by atoms with Crippen LogP contribution in [-0.2, 0) is 22.8 Å². The Labute approximate surface area is 241 Å². The average molecular weight is 596 g/mol. The molecule has 0 spiro atoms. The molecule has 1 unspecified atom stereocenters. The van der Waals surface area contributed by atoms with Crippen molar-refractivity contribution in [3.05, 3.63) is 131 Å². The third-order valence-corrected chi connectivity index (χ3v) is 6.74. The van der Waals surface area contributed by atoms with E-state index in [0.29, 0.717) is 19.4 Å². The number of ether oxygens (including phenoxy) is 3. The fourth-order valence-corrected chi connectivity index (χ4v) is 4.56.